The maximum absolute atomic E-state index is 6.01. The van der Waals surface area contributed by atoms with Crippen molar-refractivity contribution in [3.05, 3.63) is 12.2 Å². The maximum Gasteiger partial charge on any atom is 0.00390 e. The van der Waals surface area contributed by atoms with E-state index in [-0.39, 0.29) is 0 Å². The van der Waals surface area contributed by atoms with E-state index in [9.17, 15) is 0 Å². The van der Waals surface area contributed by atoms with Gasteiger partial charge in [-0.2, -0.15) is 0 Å². The van der Waals surface area contributed by atoms with E-state index >= 15 is 0 Å². The Hall–Kier alpha value is -0.300. The molecule has 0 heterocycles. The summed E-state index contributed by atoms with van der Waals surface area (Å²) in [5, 5.41) is 0. The molecule has 2 aliphatic carbocycles. The highest BCUT2D eigenvalue weighted by molar-refractivity contribution is 4.97. The normalized spacial score (nSPS) is 36.3. The molecule has 92 valence electrons. The van der Waals surface area contributed by atoms with Crippen LogP contribution < -0.4 is 5.73 Å². The van der Waals surface area contributed by atoms with E-state index < -0.39 is 0 Å². The minimum absolute atomic E-state index is 0.485. The molecule has 1 unspecified atom stereocenters. The highest BCUT2D eigenvalue weighted by atomic mass is 14.6. The fraction of sp³-hybridized carbons (Fsp3) is 0.867. The fourth-order valence-corrected chi connectivity index (χ4v) is 3.67. The zero-order chi connectivity index (χ0) is 11.6. The van der Waals surface area contributed by atoms with Crippen molar-refractivity contribution in [3.8, 4) is 0 Å². The van der Waals surface area contributed by atoms with Gasteiger partial charge in [0.15, 0.2) is 0 Å². The van der Waals surface area contributed by atoms with Gasteiger partial charge in [-0.15, -0.1) is 0 Å². The van der Waals surface area contributed by atoms with Crippen LogP contribution in [0.25, 0.3) is 0 Å². The number of rotatable bonds is 2. The number of hydrogen-bond acceptors (Lipinski definition) is 1. The second kappa shape index (κ2) is 4.91. The molecule has 0 saturated heterocycles. The topological polar surface area (TPSA) is 26.0 Å². The molecule has 0 aliphatic heterocycles. The van der Waals surface area contributed by atoms with Crippen molar-refractivity contribution in [1.29, 1.82) is 0 Å². The lowest BCUT2D eigenvalue weighted by atomic mass is 9.61. The third-order valence-electron chi connectivity index (χ3n) is 5.15. The molecule has 2 N–H and O–H groups in total. The number of hydrogen-bond donors (Lipinski definition) is 1. The van der Waals surface area contributed by atoms with Gasteiger partial charge in [0.05, 0.1) is 0 Å². The summed E-state index contributed by atoms with van der Waals surface area (Å²) < 4.78 is 0. The van der Waals surface area contributed by atoms with Crippen LogP contribution >= 0.6 is 0 Å². The summed E-state index contributed by atoms with van der Waals surface area (Å²) in [6.45, 7) is 5.00. The van der Waals surface area contributed by atoms with Crippen LogP contribution in [0.4, 0.5) is 0 Å². The molecule has 0 radical (unpaired) electrons. The van der Waals surface area contributed by atoms with E-state index in [2.05, 4.69) is 26.0 Å². The van der Waals surface area contributed by atoms with E-state index in [0.29, 0.717) is 11.5 Å². The average Bonchev–Trinajstić information content (AvgIpc) is 2.31. The first-order valence-electron chi connectivity index (χ1n) is 7.01. The molecule has 16 heavy (non-hydrogen) atoms. The summed E-state index contributed by atoms with van der Waals surface area (Å²) in [6, 6.07) is 0.485. The van der Waals surface area contributed by atoms with Crippen molar-refractivity contribution in [2.75, 3.05) is 0 Å². The smallest absolute Gasteiger partial charge is 0.00390 e. The second-order valence-electron chi connectivity index (χ2n) is 6.41. The van der Waals surface area contributed by atoms with Gasteiger partial charge in [0.1, 0.15) is 0 Å². The first-order chi connectivity index (χ1) is 7.60. The summed E-state index contributed by atoms with van der Waals surface area (Å²) in [6.07, 6.45) is 13.9. The van der Waals surface area contributed by atoms with Crippen LogP contribution in [0, 0.1) is 17.3 Å². The van der Waals surface area contributed by atoms with E-state index in [1.807, 2.05) is 0 Å². The van der Waals surface area contributed by atoms with Crippen LogP contribution in [0.2, 0.25) is 0 Å². The first-order valence-corrected chi connectivity index (χ1v) is 7.01. The van der Waals surface area contributed by atoms with Crippen LogP contribution in [0.5, 0.6) is 0 Å². The Labute approximate surface area is 100 Å². The molecule has 1 atom stereocenters. The first kappa shape index (κ1) is 12.2. The summed E-state index contributed by atoms with van der Waals surface area (Å²) in [5.41, 5.74) is 6.53. The zero-order valence-electron chi connectivity index (χ0n) is 10.9. The molecule has 0 aromatic heterocycles. The van der Waals surface area contributed by atoms with Gasteiger partial charge in [-0.1, -0.05) is 26.0 Å². The predicted octanol–water partition coefficient (Wildman–Crippen LogP) is 3.89. The quantitative estimate of drug-likeness (QED) is 0.703. The Bertz CT molecular complexity index is 246. The van der Waals surface area contributed by atoms with Crippen LogP contribution in [-0.2, 0) is 0 Å². The molecule has 2 aliphatic rings. The molecule has 2 rings (SSSR count). The summed E-state index contributed by atoms with van der Waals surface area (Å²) in [5.74, 6) is 1.81. The molecule has 0 spiro atoms. The van der Waals surface area contributed by atoms with Crippen LogP contribution in [0.15, 0.2) is 12.2 Å². The largest absolute Gasteiger partial charge is 0.328 e. The Kier molecular flexibility index (Phi) is 3.73. The Balaban J connectivity index is 1.97. The third-order valence-corrected chi connectivity index (χ3v) is 5.15. The van der Waals surface area contributed by atoms with Crippen LogP contribution in [0.3, 0.4) is 0 Å². The summed E-state index contributed by atoms with van der Waals surface area (Å²) >= 11 is 0. The van der Waals surface area contributed by atoms with Crippen LogP contribution in [0.1, 0.15) is 58.8 Å². The lowest BCUT2D eigenvalue weighted by molar-refractivity contribution is 0.0723. The van der Waals surface area contributed by atoms with Gasteiger partial charge >= 0.3 is 0 Å². The highest BCUT2D eigenvalue weighted by Gasteiger charge is 2.38. The van der Waals surface area contributed by atoms with Crippen molar-refractivity contribution < 1.29 is 0 Å². The van der Waals surface area contributed by atoms with Gasteiger partial charge in [-0.05, 0) is 62.2 Å². The van der Waals surface area contributed by atoms with Crippen molar-refractivity contribution in [1.82, 2.24) is 0 Å². The van der Waals surface area contributed by atoms with Gasteiger partial charge in [-0.25, -0.2) is 0 Å². The molecular weight excluding hydrogens is 194 g/mol. The minimum Gasteiger partial charge on any atom is -0.328 e. The standard InChI is InChI=1S/C15H27N/c1-15(2,12-6-4-3-5-7-12)13-8-10-14(16)11-9-13/h3-4,12-14H,5-11,16H2,1-2H3. The predicted molar refractivity (Wildman–Crippen MR) is 70.2 cm³/mol. The average molecular weight is 221 g/mol. The second-order valence-corrected chi connectivity index (χ2v) is 6.41. The summed E-state index contributed by atoms with van der Waals surface area (Å²) in [4.78, 5) is 0. The van der Waals surface area contributed by atoms with Gasteiger partial charge in [-0.3, -0.25) is 0 Å². The van der Waals surface area contributed by atoms with Gasteiger partial charge < -0.3 is 5.73 Å². The molecule has 1 saturated carbocycles. The van der Waals surface area contributed by atoms with Gasteiger partial charge in [0.25, 0.3) is 0 Å². The Morgan fingerprint density at radius 2 is 1.62 bits per heavy atom. The SMILES string of the molecule is CC(C)(C1CC=CCC1)C1CCC(N)CC1. The van der Waals surface area contributed by atoms with E-state index in [1.165, 1.54) is 44.9 Å². The maximum atomic E-state index is 6.01. The van der Waals surface area contributed by atoms with Gasteiger partial charge in [0.2, 0.25) is 0 Å². The van der Waals surface area contributed by atoms with Crippen molar-refractivity contribution in [2.24, 2.45) is 23.0 Å². The third kappa shape index (κ3) is 2.51. The van der Waals surface area contributed by atoms with Crippen LogP contribution in [-0.4, -0.2) is 6.04 Å². The molecule has 0 bridgehead atoms. The van der Waals surface area contributed by atoms with E-state index in [4.69, 9.17) is 5.73 Å². The molecule has 1 nitrogen and oxygen atoms in total. The Morgan fingerprint density at radius 1 is 0.938 bits per heavy atom. The van der Waals surface area contributed by atoms with E-state index in [0.717, 1.165) is 11.8 Å². The molecule has 0 amide bonds. The molecular formula is C15H27N. The molecule has 1 heteroatoms. The lowest BCUT2D eigenvalue weighted by Crippen LogP contribution is -2.38. The Morgan fingerprint density at radius 3 is 2.19 bits per heavy atom. The summed E-state index contributed by atoms with van der Waals surface area (Å²) in [7, 11) is 0. The minimum atomic E-state index is 0.485. The van der Waals surface area contributed by atoms with Crippen molar-refractivity contribution in [2.45, 2.75) is 64.8 Å². The zero-order valence-corrected chi connectivity index (χ0v) is 10.9. The highest BCUT2D eigenvalue weighted by Crippen LogP contribution is 2.46. The van der Waals surface area contributed by atoms with Crippen molar-refractivity contribution in [3.63, 3.8) is 0 Å². The molecule has 1 fully saturated rings. The number of allylic oxidation sites excluding steroid dienone is 2. The molecule has 0 aromatic carbocycles. The molecule has 0 aromatic rings. The van der Waals surface area contributed by atoms with Gasteiger partial charge in [0, 0.05) is 6.04 Å². The lowest BCUT2D eigenvalue weighted by Gasteiger charge is -2.44. The fourth-order valence-electron chi connectivity index (χ4n) is 3.67. The van der Waals surface area contributed by atoms with E-state index in [1.54, 1.807) is 0 Å². The van der Waals surface area contributed by atoms with Crippen molar-refractivity contribution >= 4 is 0 Å². The number of nitrogens with two attached hydrogens (primary N) is 1. The monoisotopic (exact) mass is 221 g/mol.